The highest BCUT2D eigenvalue weighted by Gasteiger charge is 2.18. The van der Waals surface area contributed by atoms with E-state index in [0.717, 1.165) is 32.9 Å². The SMILES string of the molecule is COc1ccc(C(Br)c2cc(C)oc2C)c(Br)c1. The van der Waals surface area contributed by atoms with Gasteiger partial charge in [0.2, 0.25) is 0 Å². The summed E-state index contributed by atoms with van der Waals surface area (Å²) in [5, 5.41) is 0. The van der Waals surface area contributed by atoms with Crippen LogP contribution in [0, 0.1) is 13.8 Å². The summed E-state index contributed by atoms with van der Waals surface area (Å²) in [5.41, 5.74) is 2.30. The fourth-order valence-corrected chi connectivity index (χ4v) is 3.66. The first kappa shape index (κ1) is 13.7. The van der Waals surface area contributed by atoms with Crippen LogP contribution in [0.1, 0.15) is 27.5 Å². The van der Waals surface area contributed by atoms with Gasteiger partial charge >= 0.3 is 0 Å². The minimum Gasteiger partial charge on any atom is -0.497 e. The van der Waals surface area contributed by atoms with E-state index in [4.69, 9.17) is 9.15 Å². The van der Waals surface area contributed by atoms with Crippen LogP contribution in [0.5, 0.6) is 5.75 Å². The van der Waals surface area contributed by atoms with Crippen molar-refractivity contribution >= 4 is 31.9 Å². The Labute approximate surface area is 124 Å². The molecule has 2 aromatic rings. The van der Waals surface area contributed by atoms with E-state index < -0.39 is 0 Å². The van der Waals surface area contributed by atoms with Crippen LogP contribution in [-0.2, 0) is 0 Å². The number of ether oxygens (including phenoxy) is 1. The van der Waals surface area contributed by atoms with E-state index >= 15 is 0 Å². The van der Waals surface area contributed by atoms with Gasteiger partial charge in [-0.05, 0) is 37.6 Å². The van der Waals surface area contributed by atoms with Crippen LogP contribution in [0.4, 0.5) is 0 Å². The molecule has 0 aliphatic heterocycles. The molecule has 0 amide bonds. The largest absolute Gasteiger partial charge is 0.497 e. The average molecular weight is 374 g/mol. The predicted molar refractivity (Wildman–Crippen MR) is 79.6 cm³/mol. The fourth-order valence-electron chi connectivity index (χ4n) is 1.91. The van der Waals surface area contributed by atoms with Crippen molar-refractivity contribution in [3.05, 3.63) is 51.4 Å². The lowest BCUT2D eigenvalue weighted by Gasteiger charge is -2.12. The predicted octanol–water partition coefficient (Wildman–Crippen LogP) is 5.15. The number of methoxy groups -OCH3 is 1. The number of hydrogen-bond acceptors (Lipinski definition) is 2. The van der Waals surface area contributed by atoms with Gasteiger partial charge in [-0.3, -0.25) is 0 Å². The van der Waals surface area contributed by atoms with E-state index in [1.807, 2.05) is 32.0 Å². The van der Waals surface area contributed by atoms with Gasteiger partial charge in [0, 0.05) is 10.0 Å². The smallest absolute Gasteiger partial charge is 0.120 e. The molecule has 1 atom stereocenters. The normalized spacial score (nSPS) is 12.5. The molecule has 4 heteroatoms. The first-order chi connectivity index (χ1) is 8.52. The maximum atomic E-state index is 5.57. The molecule has 2 nitrogen and oxygen atoms in total. The van der Waals surface area contributed by atoms with Crippen molar-refractivity contribution in [1.29, 1.82) is 0 Å². The van der Waals surface area contributed by atoms with Crippen LogP contribution in [-0.4, -0.2) is 7.11 Å². The first-order valence-electron chi connectivity index (χ1n) is 5.57. The topological polar surface area (TPSA) is 22.4 Å². The highest BCUT2D eigenvalue weighted by atomic mass is 79.9. The monoisotopic (exact) mass is 372 g/mol. The second-order valence-electron chi connectivity index (χ2n) is 4.12. The van der Waals surface area contributed by atoms with Gasteiger partial charge in [0.05, 0.1) is 11.9 Å². The van der Waals surface area contributed by atoms with Crippen molar-refractivity contribution in [2.45, 2.75) is 18.7 Å². The maximum Gasteiger partial charge on any atom is 0.120 e. The Kier molecular flexibility index (Phi) is 4.17. The van der Waals surface area contributed by atoms with E-state index in [0.29, 0.717) is 0 Å². The quantitative estimate of drug-likeness (QED) is 0.694. The van der Waals surface area contributed by atoms with Crippen LogP contribution >= 0.6 is 31.9 Å². The molecule has 0 fully saturated rings. The van der Waals surface area contributed by atoms with Gasteiger partial charge in [-0.2, -0.15) is 0 Å². The van der Waals surface area contributed by atoms with Gasteiger partial charge in [0.25, 0.3) is 0 Å². The second kappa shape index (κ2) is 5.49. The highest BCUT2D eigenvalue weighted by molar-refractivity contribution is 9.11. The Hall–Kier alpha value is -0.740. The van der Waals surface area contributed by atoms with Gasteiger partial charge < -0.3 is 9.15 Å². The summed E-state index contributed by atoms with van der Waals surface area (Å²) in [6.45, 7) is 3.94. The van der Waals surface area contributed by atoms with Crippen LogP contribution in [0.2, 0.25) is 0 Å². The minimum absolute atomic E-state index is 0.107. The summed E-state index contributed by atoms with van der Waals surface area (Å²) in [6, 6.07) is 8.03. The molecule has 96 valence electrons. The van der Waals surface area contributed by atoms with Crippen molar-refractivity contribution < 1.29 is 9.15 Å². The van der Waals surface area contributed by atoms with E-state index in [1.165, 1.54) is 0 Å². The molecule has 1 unspecified atom stereocenters. The third-order valence-corrected chi connectivity index (χ3v) is 4.51. The first-order valence-corrected chi connectivity index (χ1v) is 7.28. The summed E-state index contributed by atoms with van der Waals surface area (Å²) in [4.78, 5) is 0.107. The molecule has 18 heavy (non-hydrogen) atoms. The molecule has 0 radical (unpaired) electrons. The van der Waals surface area contributed by atoms with Crippen molar-refractivity contribution in [3.8, 4) is 5.75 Å². The number of rotatable bonds is 3. The Morgan fingerprint density at radius 1 is 1.17 bits per heavy atom. The van der Waals surface area contributed by atoms with E-state index in [-0.39, 0.29) is 4.83 Å². The Morgan fingerprint density at radius 2 is 1.89 bits per heavy atom. The molecule has 1 aromatic heterocycles. The summed E-state index contributed by atoms with van der Waals surface area (Å²) in [7, 11) is 1.66. The third kappa shape index (κ3) is 2.64. The second-order valence-corrected chi connectivity index (χ2v) is 5.89. The standard InChI is InChI=1S/C14H14Br2O2/c1-8-6-12(9(2)18-8)14(16)11-5-4-10(17-3)7-13(11)15/h4-7,14H,1-3H3. The Bertz CT molecular complexity index is 561. The molecule has 1 aromatic carbocycles. The molecule has 1 heterocycles. The zero-order chi connectivity index (χ0) is 13.3. The number of halogens is 2. The molecular weight excluding hydrogens is 360 g/mol. The van der Waals surface area contributed by atoms with Crippen LogP contribution < -0.4 is 4.74 Å². The molecule has 0 saturated carbocycles. The summed E-state index contributed by atoms with van der Waals surface area (Å²) in [5.74, 6) is 2.71. The molecule has 0 aliphatic carbocycles. The van der Waals surface area contributed by atoms with E-state index in [9.17, 15) is 0 Å². The van der Waals surface area contributed by atoms with Crippen LogP contribution in [0.25, 0.3) is 0 Å². The molecule has 2 rings (SSSR count). The average Bonchev–Trinajstić information content (AvgIpc) is 2.67. The van der Waals surface area contributed by atoms with E-state index in [1.54, 1.807) is 7.11 Å². The van der Waals surface area contributed by atoms with E-state index in [2.05, 4.69) is 37.9 Å². The van der Waals surface area contributed by atoms with Crippen molar-refractivity contribution in [3.63, 3.8) is 0 Å². The highest BCUT2D eigenvalue weighted by Crippen LogP contribution is 2.39. The minimum atomic E-state index is 0.107. The maximum absolute atomic E-state index is 5.57. The van der Waals surface area contributed by atoms with Gasteiger partial charge in [0.15, 0.2) is 0 Å². The van der Waals surface area contributed by atoms with Crippen molar-refractivity contribution in [1.82, 2.24) is 0 Å². The van der Waals surface area contributed by atoms with Crippen LogP contribution in [0.15, 0.2) is 33.2 Å². The zero-order valence-corrected chi connectivity index (χ0v) is 13.6. The van der Waals surface area contributed by atoms with Crippen molar-refractivity contribution in [2.24, 2.45) is 0 Å². The van der Waals surface area contributed by atoms with Gasteiger partial charge in [-0.1, -0.05) is 37.9 Å². The lowest BCUT2D eigenvalue weighted by molar-refractivity contribution is 0.414. The number of furan rings is 1. The molecule has 0 aliphatic rings. The third-order valence-electron chi connectivity index (χ3n) is 2.83. The van der Waals surface area contributed by atoms with Gasteiger partial charge in [-0.25, -0.2) is 0 Å². The summed E-state index contributed by atoms with van der Waals surface area (Å²) < 4.78 is 11.8. The lowest BCUT2D eigenvalue weighted by atomic mass is 10.1. The molecule has 0 bridgehead atoms. The Balaban J connectivity index is 2.39. The van der Waals surface area contributed by atoms with Gasteiger partial charge in [0.1, 0.15) is 17.3 Å². The zero-order valence-electron chi connectivity index (χ0n) is 10.5. The lowest BCUT2D eigenvalue weighted by Crippen LogP contribution is -1.95. The number of aryl methyl sites for hydroxylation is 2. The number of hydrogen-bond donors (Lipinski definition) is 0. The van der Waals surface area contributed by atoms with Crippen molar-refractivity contribution in [2.75, 3.05) is 7.11 Å². The number of benzene rings is 1. The molecule has 0 saturated heterocycles. The number of alkyl halides is 1. The molecule has 0 spiro atoms. The molecular formula is C14H14Br2O2. The van der Waals surface area contributed by atoms with Crippen LogP contribution in [0.3, 0.4) is 0 Å². The summed E-state index contributed by atoms with van der Waals surface area (Å²) in [6.07, 6.45) is 0. The Morgan fingerprint density at radius 3 is 2.39 bits per heavy atom. The molecule has 0 N–H and O–H groups in total. The summed E-state index contributed by atoms with van der Waals surface area (Å²) >= 11 is 7.30. The van der Waals surface area contributed by atoms with Gasteiger partial charge in [-0.15, -0.1) is 0 Å². The fraction of sp³-hybridized carbons (Fsp3) is 0.286.